The fourth-order valence-corrected chi connectivity index (χ4v) is 5.12. The van der Waals surface area contributed by atoms with Gasteiger partial charge < -0.3 is 24.3 Å². The molecule has 2 aromatic heterocycles. The number of thiocarbonyl (C=S) groups is 1. The summed E-state index contributed by atoms with van der Waals surface area (Å²) in [4.78, 5) is 6.95. The zero-order chi connectivity index (χ0) is 22.1. The van der Waals surface area contributed by atoms with E-state index in [0.717, 1.165) is 48.2 Å². The summed E-state index contributed by atoms with van der Waals surface area (Å²) >= 11 is 5.83. The molecule has 1 N–H and O–H groups in total. The van der Waals surface area contributed by atoms with Gasteiger partial charge in [0.1, 0.15) is 5.75 Å². The van der Waals surface area contributed by atoms with Crippen LogP contribution in [0, 0.1) is 6.92 Å². The Hall–Kier alpha value is -2.90. The van der Waals surface area contributed by atoms with E-state index in [1.165, 1.54) is 11.4 Å². The smallest absolute Gasteiger partial charge is 0.170 e. The van der Waals surface area contributed by atoms with Gasteiger partial charge in [0.2, 0.25) is 0 Å². The molecule has 7 heteroatoms. The highest BCUT2D eigenvalue weighted by Crippen LogP contribution is 2.40. The van der Waals surface area contributed by atoms with Gasteiger partial charge in [-0.15, -0.1) is 0 Å². The third-order valence-electron chi connectivity index (χ3n) is 6.36. The minimum Gasteiger partial charge on any atom is -0.497 e. The first kappa shape index (κ1) is 21.0. The summed E-state index contributed by atoms with van der Waals surface area (Å²) < 4.78 is 13.6. The molecule has 0 bridgehead atoms. The lowest BCUT2D eigenvalue weighted by molar-refractivity contribution is 0.0836. The lowest BCUT2D eigenvalue weighted by Crippen LogP contribution is -2.36. The number of nitrogens with one attached hydrogen (secondary N) is 1. The van der Waals surface area contributed by atoms with Gasteiger partial charge in [-0.2, -0.15) is 0 Å². The van der Waals surface area contributed by atoms with E-state index in [4.69, 9.17) is 21.7 Å². The van der Waals surface area contributed by atoms with Gasteiger partial charge in [0.25, 0.3) is 0 Å². The van der Waals surface area contributed by atoms with Crippen molar-refractivity contribution in [1.29, 1.82) is 0 Å². The van der Waals surface area contributed by atoms with E-state index in [2.05, 4.69) is 57.0 Å². The Bertz CT molecular complexity index is 1080. The maximum absolute atomic E-state index is 5.97. The highest BCUT2D eigenvalue weighted by atomic mass is 32.1. The Balaban J connectivity index is 1.58. The van der Waals surface area contributed by atoms with E-state index in [1.54, 1.807) is 7.11 Å². The molecule has 3 aromatic rings. The standard InChI is InChI=1S/C25H28N4O2S/c1-17-8-13-22(29(17)18-9-11-19(30-2)12-10-18)24-23(21-7-3-4-14-26-21)27-25(32)28(24)16-20-6-5-15-31-20/h3-4,7-14,20,23-24H,5-6,15-16H2,1-2H3,(H,27,32)/t20-,23+,24-/m0/s1. The van der Waals surface area contributed by atoms with Gasteiger partial charge in [0, 0.05) is 36.4 Å². The number of aryl methyl sites for hydroxylation is 1. The van der Waals surface area contributed by atoms with E-state index >= 15 is 0 Å². The minimum atomic E-state index is -0.0450. The molecular weight excluding hydrogens is 420 g/mol. The Kier molecular flexibility index (Phi) is 5.85. The van der Waals surface area contributed by atoms with E-state index in [-0.39, 0.29) is 18.2 Å². The van der Waals surface area contributed by atoms with Crippen LogP contribution >= 0.6 is 12.2 Å². The first-order chi connectivity index (χ1) is 15.7. The number of benzene rings is 1. The molecular formula is C25H28N4O2S. The van der Waals surface area contributed by atoms with Gasteiger partial charge in [0.15, 0.2) is 5.11 Å². The van der Waals surface area contributed by atoms with Gasteiger partial charge >= 0.3 is 0 Å². The summed E-state index contributed by atoms with van der Waals surface area (Å²) in [7, 11) is 1.69. The fourth-order valence-electron chi connectivity index (χ4n) is 4.80. The Labute approximate surface area is 194 Å². The predicted molar refractivity (Wildman–Crippen MR) is 128 cm³/mol. The van der Waals surface area contributed by atoms with E-state index in [1.807, 2.05) is 30.5 Å². The van der Waals surface area contributed by atoms with Crippen molar-refractivity contribution in [2.45, 2.75) is 38.0 Å². The van der Waals surface area contributed by atoms with Crippen LogP contribution < -0.4 is 10.1 Å². The molecule has 4 heterocycles. The van der Waals surface area contributed by atoms with Crippen LogP contribution in [0.1, 0.15) is 42.0 Å². The molecule has 0 saturated carbocycles. The molecule has 0 unspecified atom stereocenters. The van der Waals surface area contributed by atoms with Crippen LogP contribution in [0.2, 0.25) is 0 Å². The topological polar surface area (TPSA) is 51.5 Å². The quantitative estimate of drug-likeness (QED) is 0.566. The SMILES string of the molecule is COc1ccc(-n2c(C)ccc2[C@H]2[C@@H](c3ccccn3)NC(=S)N2C[C@@H]2CCCO2)cc1. The maximum Gasteiger partial charge on any atom is 0.170 e. The van der Waals surface area contributed by atoms with Crippen LogP contribution in [0.3, 0.4) is 0 Å². The number of nitrogens with zero attached hydrogens (tertiary/aromatic N) is 3. The predicted octanol–water partition coefficient (Wildman–Crippen LogP) is 4.34. The van der Waals surface area contributed by atoms with Crippen molar-refractivity contribution in [2.75, 3.05) is 20.3 Å². The van der Waals surface area contributed by atoms with Crippen molar-refractivity contribution in [3.05, 3.63) is 77.9 Å². The first-order valence-corrected chi connectivity index (χ1v) is 11.5. The summed E-state index contributed by atoms with van der Waals surface area (Å²) in [6.07, 6.45) is 4.21. The monoisotopic (exact) mass is 448 g/mol. The molecule has 166 valence electrons. The lowest BCUT2D eigenvalue weighted by Gasteiger charge is -2.31. The van der Waals surface area contributed by atoms with Crippen molar-refractivity contribution in [2.24, 2.45) is 0 Å². The number of pyridine rings is 1. The summed E-state index contributed by atoms with van der Waals surface area (Å²) in [6, 6.07) is 18.5. The van der Waals surface area contributed by atoms with Crippen LogP contribution in [-0.4, -0.2) is 45.9 Å². The molecule has 0 aliphatic carbocycles. The van der Waals surface area contributed by atoms with Gasteiger partial charge in [-0.1, -0.05) is 6.07 Å². The number of hydrogen-bond acceptors (Lipinski definition) is 4. The van der Waals surface area contributed by atoms with Gasteiger partial charge in [-0.05, 0) is 80.5 Å². The molecule has 0 amide bonds. The molecule has 0 radical (unpaired) electrons. The molecule has 0 spiro atoms. The summed E-state index contributed by atoms with van der Waals surface area (Å²) in [5, 5.41) is 4.31. The minimum absolute atomic E-state index is 0.00241. The van der Waals surface area contributed by atoms with Gasteiger partial charge in [-0.25, -0.2) is 0 Å². The van der Waals surface area contributed by atoms with Crippen molar-refractivity contribution in [1.82, 2.24) is 19.8 Å². The third kappa shape index (κ3) is 3.87. The summed E-state index contributed by atoms with van der Waals surface area (Å²) in [5.41, 5.74) is 4.42. The maximum atomic E-state index is 5.97. The fraction of sp³-hybridized carbons (Fsp3) is 0.360. The number of rotatable bonds is 6. The molecule has 2 fully saturated rings. The van der Waals surface area contributed by atoms with Crippen molar-refractivity contribution in [3.8, 4) is 11.4 Å². The van der Waals surface area contributed by atoms with E-state index in [0.29, 0.717) is 0 Å². The average molecular weight is 449 g/mol. The van der Waals surface area contributed by atoms with Gasteiger partial charge in [-0.3, -0.25) is 4.98 Å². The Morgan fingerprint density at radius 1 is 1.16 bits per heavy atom. The number of ether oxygens (including phenoxy) is 2. The normalized spacial score (nSPS) is 22.9. The Morgan fingerprint density at radius 3 is 2.69 bits per heavy atom. The second-order valence-corrected chi connectivity index (χ2v) is 8.73. The third-order valence-corrected chi connectivity index (χ3v) is 6.71. The lowest BCUT2D eigenvalue weighted by atomic mass is 10.0. The van der Waals surface area contributed by atoms with E-state index in [9.17, 15) is 0 Å². The molecule has 2 aliphatic rings. The largest absolute Gasteiger partial charge is 0.497 e. The van der Waals surface area contributed by atoms with Crippen molar-refractivity contribution in [3.63, 3.8) is 0 Å². The van der Waals surface area contributed by atoms with Crippen LogP contribution in [-0.2, 0) is 4.74 Å². The van der Waals surface area contributed by atoms with Crippen LogP contribution in [0.5, 0.6) is 5.75 Å². The van der Waals surface area contributed by atoms with Crippen LogP contribution in [0.25, 0.3) is 5.69 Å². The highest BCUT2D eigenvalue weighted by Gasteiger charge is 2.42. The van der Waals surface area contributed by atoms with Crippen LogP contribution in [0.15, 0.2) is 60.8 Å². The molecule has 3 atom stereocenters. The average Bonchev–Trinajstić information content (AvgIpc) is 3.55. The summed E-state index contributed by atoms with van der Waals surface area (Å²) in [6.45, 7) is 3.73. The van der Waals surface area contributed by atoms with E-state index < -0.39 is 0 Å². The second-order valence-electron chi connectivity index (χ2n) is 8.35. The first-order valence-electron chi connectivity index (χ1n) is 11.1. The molecule has 32 heavy (non-hydrogen) atoms. The Morgan fingerprint density at radius 2 is 2.00 bits per heavy atom. The molecule has 5 rings (SSSR count). The second kappa shape index (κ2) is 8.92. The molecule has 6 nitrogen and oxygen atoms in total. The van der Waals surface area contributed by atoms with Gasteiger partial charge in [0.05, 0.1) is 31.0 Å². The molecule has 2 aliphatic heterocycles. The number of hydrogen-bond donors (Lipinski definition) is 1. The van der Waals surface area contributed by atoms with Crippen molar-refractivity contribution >= 4 is 17.3 Å². The zero-order valence-electron chi connectivity index (χ0n) is 18.4. The zero-order valence-corrected chi connectivity index (χ0v) is 19.2. The number of methoxy groups -OCH3 is 1. The van der Waals surface area contributed by atoms with Crippen LogP contribution in [0.4, 0.5) is 0 Å². The molecule has 1 aromatic carbocycles. The highest BCUT2D eigenvalue weighted by molar-refractivity contribution is 7.80. The molecule has 2 saturated heterocycles. The number of aromatic nitrogens is 2. The van der Waals surface area contributed by atoms with Crippen molar-refractivity contribution < 1.29 is 9.47 Å². The summed E-state index contributed by atoms with van der Waals surface area (Å²) in [5.74, 6) is 0.843.